The Morgan fingerprint density at radius 3 is 3.36 bits per heavy atom. The average Bonchev–Trinajstić information content (AvgIpc) is 2.04. The summed E-state index contributed by atoms with van der Waals surface area (Å²) in [6.07, 6.45) is 1.10. The van der Waals surface area contributed by atoms with Gasteiger partial charge in [0.1, 0.15) is 0 Å². The Bertz CT molecular complexity index is 308. The minimum Gasteiger partial charge on any atom is -0.462 e. The lowest BCUT2D eigenvalue weighted by molar-refractivity contribution is 0.0526. The molecule has 11 heavy (non-hydrogen) atoms. The molecule has 3 heteroatoms. The summed E-state index contributed by atoms with van der Waals surface area (Å²) in [5.74, 6) is -0.661. The molecule has 0 fully saturated rings. The van der Waals surface area contributed by atoms with E-state index < -0.39 is 5.97 Å². The van der Waals surface area contributed by atoms with Crippen LogP contribution in [0.1, 0.15) is 20.0 Å². The zero-order valence-electron chi connectivity index (χ0n) is 8.13. The Labute approximate surface area is 67.8 Å². The molecule has 0 unspecified atom stereocenters. The van der Waals surface area contributed by atoms with E-state index in [0.717, 1.165) is 0 Å². The first-order valence-corrected chi connectivity index (χ1v) is 3.26. The van der Waals surface area contributed by atoms with Crippen LogP contribution in [0.2, 0.25) is 0 Å². The van der Waals surface area contributed by atoms with Crippen molar-refractivity contribution in [2.24, 2.45) is 0 Å². The monoisotopic (exact) mass is 153 g/mol. The zero-order chi connectivity index (χ0) is 9.84. The molecule has 0 saturated heterocycles. The van der Waals surface area contributed by atoms with Crippen LogP contribution in [-0.4, -0.2) is 17.6 Å². The summed E-state index contributed by atoms with van der Waals surface area (Å²) in [5.41, 5.74) is -0.0793. The molecule has 1 rings (SSSR count). The van der Waals surface area contributed by atoms with Crippen LogP contribution in [0.5, 0.6) is 0 Å². The van der Waals surface area contributed by atoms with Crippen LogP contribution in [0.15, 0.2) is 24.5 Å². The molecule has 0 aliphatic carbocycles. The van der Waals surface area contributed by atoms with Crippen molar-refractivity contribution in [2.45, 2.75) is 6.92 Å². The van der Waals surface area contributed by atoms with Crippen LogP contribution in [-0.2, 0) is 4.74 Å². The minimum atomic E-state index is -0.661. The Hall–Kier alpha value is -1.38. The van der Waals surface area contributed by atoms with Gasteiger partial charge in [-0.25, -0.2) is 4.79 Å². The maximum absolute atomic E-state index is 11.2. The van der Waals surface area contributed by atoms with Crippen molar-refractivity contribution >= 4 is 5.97 Å². The van der Waals surface area contributed by atoms with E-state index in [1.807, 2.05) is 0 Å². The van der Waals surface area contributed by atoms with E-state index in [2.05, 4.69) is 9.72 Å². The Balaban J connectivity index is 3.05. The fourth-order valence-corrected chi connectivity index (χ4v) is 0.600. The largest absolute Gasteiger partial charge is 0.462 e. The molecule has 0 aliphatic rings. The first kappa shape index (κ1) is 5.29. The number of ether oxygens (including phenoxy) is 1. The third-order valence-corrected chi connectivity index (χ3v) is 1.03. The van der Waals surface area contributed by atoms with Gasteiger partial charge in [-0.1, -0.05) is 0 Å². The van der Waals surface area contributed by atoms with Gasteiger partial charge in [0.2, 0.25) is 0 Å². The van der Waals surface area contributed by atoms with Crippen molar-refractivity contribution < 1.29 is 12.3 Å². The van der Waals surface area contributed by atoms with E-state index >= 15 is 0 Å². The number of esters is 1. The van der Waals surface area contributed by atoms with Crippen LogP contribution >= 0.6 is 0 Å². The fraction of sp³-hybridized carbons (Fsp3) is 0.250. The summed E-state index contributed by atoms with van der Waals surface area (Å²) >= 11 is 0. The third kappa shape index (κ3) is 2.04. The van der Waals surface area contributed by atoms with Gasteiger partial charge < -0.3 is 4.74 Å². The van der Waals surface area contributed by atoms with Gasteiger partial charge >= 0.3 is 5.97 Å². The highest BCUT2D eigenvalue weighted by Gasteiger charge is 2.03. The van der Waals surface area contributed by atoms with E-state index in [1.165, 1.54) is 12.3 Å². The number of pyridine rings is 1. The van der Waals surface area contributed by atoms with Crippen LogP contribution in [0, 0.1) is 0 Å². The lowest BCUT2D eigenvalue weighted by Crippen LogP contribution is -2.04. The number of aromatic nitrogens is 1. The number of hydrogen-bond donors (Lipinski definition) is 0. The number of nitrogens with zero attached hydrogens (tertiary/aromatic N) is 1. The molecule has 0 bridgehead atoms. The quantitative estimate of drug-likeness (QED) is 0.600. The van der Waals surface area contributed by atoms with Gasteiger partial charge in [-0.15, -0.1) is 0 Å². The number of carbonyl (C=O) groups excluding carboxylic acids is 1. The maximum Gasteiger partial charge on any atom is 0.339 e. The molecule has 58 valence electrons. The van der Waals surface area contributed by atoms with Crippen LogP contribution in [0.25, 0.3) is 0 Å². The summed E-state index contributed by atoms with van der Waals surface area (Å²) in [7, 11) is 0. The van der Waals surface area contributed by atoms with Crippen molar-refractivity contribution in [3.63, 3.8) is 0 Å². The Morgan fingerprint density at radius 1 is 1.91 bits per heavy atom. The summed E-state index contributed by atoms with van der Waals surface area (Å²) < 4.78 is 19.3. The first-order valence-electron chi connectivity index (χ1n) is 4.26. The molecule has 1 aromatic heterocycles. The molecule has 0 aliphatic heterocycles. The highest BCUT2D eigenvalue weighted by Crippen LogP contribution is 1.97. The average molecular weight is 153 g/mol. The SMILES string of the molecule is [2H]c1ccnc([2H])c1C(=O)OCC. The minimum absolute atomic E-state index is 0.0292. The normalized spacial score (nSPS) is 11.7. The molecule has 0 spiro atoms. The van der Waals surface area contributed by atoms with Gasteiger partial charge in [0.15, 0.2) is 0 Å². The lowest BCUT2D eigenvalue weighted by Gasteiger charge is -1.98. The predicted octanol–water partition coefficient (Wildman–Crippen LogP) is 1.26. The van der Waals surface area contributed by atoms with E-state index in [9.17, 15) is 4.79 Å². The second-order valence-corrected chi connectivity index (χ2v) is 1.80. The van der Waals surface area contributed by atoms with E-state index in [0.29, 0.717) is 0 Å². The predicted molar refractivity (Wildman–Crippen MR) is 40.2 cm³/mol. The number of hydrogen-bond acceptors (Lipinski definition) is 3. The van der Waals surface area contributed by atoms with Crippen LogP contribution in [0.4, 0.5) is 0 Å². The summed E-state index contributed by atoms with van der Waals surface area (Å²) in [5, 5.41) is 0. The Kier molecular flexibility index (Phi) is 1.78. The molecule has 0 saturated carbocycles. The van der Waals surface area contributed by atoms with Gasteiger partial charge in [0, 0.05) is 12.4 Å². The Morgan fingerprint density at radius 2 is 2.73 bits per heavy atom. The van der Waals surface area contributed by atoms with Crippen molar-refractivity contribution in [3.8, 4) is 0 Å². The lowest BCUT2D eigenvalue weighted by atomic mass is 10.3. The molecule has 0 amide bonds. The standard InChI is InChI=1S/C8H9NO2/c1-2-11-8(10)7-4-3-5-9-6-7/h3-6H,2H2,1H3/i4D,6D. The molecular formula is C8H9NO2. The highest BCUT2D eigenvalue weighted by molar-refractivity contribution is 5.88. The molecule has 1 aromatic rings. The van der Waals surface area contributed by atoms with Gasteiger partial charge in [0.05, 0.1) is 14.9 Å². The number of rotatable bonds is 2. The molecule has 0 radical (unpaired) electrons. The number of carbonyl (C=O) groups is 1. The van der Waals surface area contributed by atoms with Crippen molar-refractivity contribution in [1.29, 1.82) is 0 Å². The zero-order valence-corrected chi connectivity index (χ0v) is 6.13. The molecule has 3 nitrogen and oxygen atoms in total. The second kappa shape index (κ2) is 3.71. The highest BCUT2D eigenvalue weighted by atomic mass is 16.5. The third-order valence-electron chi connectivity index (χ3n) is 1.03. The van der Waals surface area contributed by atoms with Crippen LogP contribution in [0.3, 0.4) is 0 Å². The van der Waals surface area contributed by atoms with Gasteiger partial charge in [-0.3, -0.25) is 4.98 Å². The smallest absolute Gasteiger partial charge is 0.339 e. The van der Waals surface area contributed by atoms with E-state index in [4.69, 9.17) is 2.74 Å². The molecule has 0 atom stereocenters. The maximum atomic E-state index is 11.2. The first-order chi connectivity index (χ1) is 6.16. The van der Waals surface area contributed by atoms with Crippen molar-refractivity contribution in [2.75, 3.05) is 6.61 Å². The van der Waals surface area contributed by atoms with Gasteiger partial charge in [-0.05, 0) is 19.0 Å². The molecular weight excluding hydrogens is 142 g/mol. The fourth-order valence-electron chi connectivity index (χ4n) is 0.600. The summed E-state index contributed by atoms with van der Waals surface area (Å²) in [6.45, 7) is 1.90. The summed E-state index contributed by atoms with van der Waals surface area (Å²) in [4.78, 5) is 14.8. The summed E-state index contributed by atoms with van der Waals surface area (Å²) in [6, 6.07) is 1.32. The topological polar surface area (TPSA) is 39.2 Å². The second-order valence-electron chi connectivity index (χ2n) is 1.80. The van der Waals surface area contributed by atoms with Crippen molar-refractivity contribution in [3.05, 3.63) is 30.0 Å². The van der Waals surface area contributed by atoms with E-state index in [-0.39, 0.29) is 24.4 Å². The van der Waals surface area contributed by atoms with Crippen molar-refractivity contribution in [1.82, 2.24) is 4.98 Å². The van der Waals surface area contributed by atoms with Gasteiger partial charge in [-0.2, -0.15) is 0 Å². The molecule has 0 aromatic carbocycles. The van der Waals surface area contributed by atoms with E-state index in [1.54, 1.807) is 6.92 Å². The molecule has 1 heterocycles. The molecule has 0 N–H and O–H groups in total. The van der Waals surface area contributed by atoms with Crippen LogP contribution < -0.4 is 0 Å². The van der Waals surface area contributed by atoms with Gasteiger partial charge in [0.25, 0.3) is 0 Å².